The molecule has 0 saturated heterocycles. The van der Waals surface area contributed by atoms with Crippen molar-refractivity contribution in [3.05, 3.63) is 71.8 Å². The number of amides is 2. The average molecular weight is 347 g/mol. The van der Waals surface area contributed by atoms with Crippen LogP contribution >= 0.6 is 0 Å². The summed E-state index contributed by atoms with van der Waals surface area (Å²) in [6.07, 6.45) is 1.42. The number of carbonyl (C=O) groups is 2. The van der Waals surface area contributed by atoms with Crippen LogP contribution in [0.15, 0.2) is 65.8 Å². The molecule has 3 N–H and O–H groups in total. The molecule has 0 atom stereocenters. The van der Waals surface area contributed by atoms with E-state index in [4.69, 9.17) is 0 Å². The smallest absolute Gasteiger partial charge is 0.271 e. The topological polar surface area (TPSA) is 90.8 Å². The Morgan fingerprint density at radius 2 is 1.73 bits per heavy atom. The number of phenolic OH excluding ortho intramolecular Hbond substituents is 1. The Balaban J connectivity index is 1.73. The Labute approximate surface area is 150 Å². The molecule has 0 unspecified atom stereocenters. The van der Waals surface area contributed by atoms with Crippen molar-refractivity contribution in [1.29, 1.82) is 0 Å². The maximum atomic E-state index is 12.1. The summed E-state index contributed by atoms with van der Waals surface area (Å²) in [6.45, 7) is 1.41. The molecule has 0 spiro atoms. The van der Waals surface area contributed by atoms with Gasteiger partial charge in [0.25, 0.3) is 5.91 Å². The first-order valence-corrected chi connectivity index (χ1v) is 7.96. The molecule has 0 aliphatic carbocycles. The minimum atomic E-state index is -0.393. The van der Waals surface area contributed by atoms with Gasteiger partial charge < -0.3 is 10.4 Å². The summed E-state index contributed by atoms with van der Waals surface area (Å²) in [5, 5.41) is 18.4. The zero-order valence-corrected chi connectivity index (χ0v) is 14.1. The fourth-order valence-electron chi connectivity index (χ4n) is 2.55. The number of nitrogens with zero attached hydrogens (tertiary/aromatic N) is 1. The second kappa shape index (κ2) is 7.48. The number of nitrogens with one attached hydrogen (secondary N) is 2. The van der Waals surface area contributed by atoms with E-state index in [1.54, 1.807) is 30.3 Å². The lowest BCUT2D eigenvalue weighted by atomic mass is 10.0. The van der Waals surface area contributed by atoms with Gasteiger partial charge in [-0.1, -0.05) is 30.3 Å². The first kappa shape index (κ1) is 17.2. The molecular weight excluding hydrogens is 330 g/mol. The molecular formula is C20H17N3O3. The summed E-state index contributed by atoms with van der Waals surface area (Å²) in [5.74, 6) is -0.488. The summed E-state index contributed by atoms with van der Waals surface area (Å²) >= 11 is 0. The van der Waals surface area contributed by atoms with Crippen molar-refractivity contribution in [2.45, 2.75) is 6.92 Å². The number of hydrogen-bond donors (Lipinski definition) is 3. The van der Waals surface area contributed by atoms with E-state index in [1.807, 2.05) is 30.3 Å². The maximum absolute atomic E-state index is 12.1. The fraction of sp³-hybridized carbons (Fsp3) is 0.0500. The van der Waals surface area contributed by atoms with Gasteiger partial charge in [-0.25, -0.2) is 5.43 Å². The van der Waals surface area contributed by atoms with E-state index < -0.39 is 5.91 Å². The van der Waals surface area contributed by atoms with E-state index in [0.717, 1.165) is 10.8 Å². The molecule has 0 fully saturated rings. The van der Waals surface area contributed by atoms with Crippen LogP contribution in [0, 0.1) is 0 Å². The molecule has 3 aromatic rings. The highest BCUT2D eigenvalue weighted by Gasteiger charge is 2.06. The van der Waals surface area contributed by atoms with Gasteiger partial charge in [0.2, 0.25) is 5.91 Å². The van der Waals surface area contributed by atoms with E-state index in [0.29, 0.717) is 16.8 Å². The van der Waals surface area contributed by atoms with Gasteiger partial charge in [-0.05, 0) is 41.1 Å². The lowest BCUT2D eigenvalue weighted by Gasteiger charge is -2.05. The van der Waals surface area contributed by atoms with E-state index in [-0.39, 0.29) is 11.7 Å². The average Bonchev–Trinajstić information content (AvgIpc) is 2.63. The van der Waals surface area contributed by atoms with Crippen LogP contribution in [0.3, 0.4) is 0 Å². The summed E-state index contributed by atoms with van der Waals surface area (Å²) < 4.78 is 0. The fourth-order valence-corrected chi connectivity index (χ4v) is 2.55. The highest BCUT2D eigenvalue weighted by atomic mass is 16.3. The summed E-state index contributed by atoms with van der Waals surface area (Å²) in [4.78, 5) is 23.1. The largest absolute Gasteiger partial charge is 0.507 e. The number of aromatic hydroxyl groups is 1. The molecule has 0 heterocycles. The van der Waals surface area contributed by atoms with Crippen LogP contribution in [0.5, 0.6) is 5.75 Å². The van der Waals surface area contributed by atoms with Crippen LogP contribution in [0.2, 0.25) is 0 Å². The minimum Gasteiger partial charge on any atom is -0.507 e. The van der Waals surface area contributed by atoms with Crippen molar-refractivity contribution in [1.82, 2.24) is 5.43 Å². The van der Waals surface area contributed by atoms with Gasteiger partial charge >= 0.3 is 0 Å². The van der Waals surface area contributed by atoms with Gasteiger partial charge in [0, 0.05) is 23.7 Å². The SMILES string of the molecule is CC(=O)Nc1ccc(C(=O)NN=Cc2c(O)ccc3ccccc23)cc1. The highest BCUT2D eigenvalue weighted by molar-refractivity contribution is 6.03. The lowest BCUT2D eigenvalue weighted by molar-refractivity contribution is -0.114. The van der Waals surface area contributed by atoms with Crippen LogP contribution in [0.4, 0.5) is 5.69 Å². The molecule has 0 aliphatic rings. The number of rotatable bonds is 4. The van der Waals surface area contributed by atoms with Crippen molar-refractivity contribution in [3.8, 4) is 5.75 Å². The van der Waals surface area contributed by atoms with Crippen LogP contribution < -0.4 is 10.7 Å². The molecule has 0 saturated carbocycles. The van der Waals surface area contributed by atoms with Gasteiger partial charge in [-0.3, -0.25) is 9.59 Å². The van der Waals surface area contributed by atoms with Gasteiger partial charge in [0.05, 0.1) is 6.21 Å². The molecule has 3 rings (SSSR count). The number of benzene rings is 3. The number of hydrogen-bond acceptors (Lipinski definition) is 4. The van der Waals surface area contributed by atoms with Crippen molar-refractivity contribution in [2.75, 3.05) is 5.32 Å². The standard InChI is InChI=1S/C20H17N3O3/c1-13(24)22-16-9-6-15(7-10-16)20(26)23-21-12-18-17-5-3-2-4-14(17)8-11-19(18)25/h2-12,25H,1H3,(H,22,24)(H,23,26). The lowest BCUT2D eigenvalue weighted by Crippen LogP contribution is -2.17. The molecule has 26 heavy (non-hydrogen) atoms. The number of phenols is 1. The number of hydrazone groups is 1. The Morgan fingerprint density at radius 3 is 2.46 bits per heavy atom. The number of anilines is 1. The van der Waals surface area contributed by atoms with Crippen LogP contribution in [-0.4, -0.2) is 23.1 Å². The Bertz CT molecular complexity index is 995. The highest BCUT2D eigenvalue weighted by Crippen LogP contribution is 2.25. The molecule has 6 nitrogen and oxygen atoms in total. The van der Waals surface area contributed by atoms with Crippen molar-refractivity contribution >= 4 is 34.5 Å². The molecule has 0 aliphatic heterocycles. The first-order chi connectivity index (χ1) is 12.5. The Morgan fingerprint density at radius 1 is 1.00 bits per heavy atom. The van der Waals surface area contributed by atoms with Gasteiger partial charge in [-0.15, -0.1) is 0 Å². The van der Waals surface area contributed by atoms with Gasteiger partial charge in [0.1, 0.15) is 5.75 Å². The maximum Gasteiger partial charge on any atom is 0.271 e. The third-order valence-electron chi connectivity index (χ3n) is 3.77. The summed E-state index contributed by atoms with van der Waals surface area (Å²) in [7, 11) is 0. The molecule has 0 radical (unpaired) electrons. The molecule has 3 aromatic carbocycles. The van der Waals surface area contributed by atoms with Gasteiger partial charge in [0.15, 0.2) is 0 Å². The third-order valence-corrected chi connectivity index (χ3v) is 3.77. The molecule has 0 aromatic heterocycles. The third kappa shape index (κ3) is 3.87. The molecule has 0 bridgehead atoms. The van der Waals surface area contributed by atoms with E-state index in [2.05, 4.69) is 15.8 Å². The monoisotopic (exact) mass is 347 g/mol. The van der Waals surface area contributed by atoms with E-state index in [9.17, 15) is 14.7 Å². The molecule has 6 heteroatoms. The van der Waals surface area contributed by atoms with Crippen LogP contribution in [0.25, 0.3) is 10.8 Å². The predicted molar refractivity (Wildman–Crippen MR) is 101 cm³/mol. The second-order valence-corrected chi connectivity index (χ2v) is 5.68. The van der Waals surface area contributed by atoms with Crippen molar-refractivity contribution < 1.29 is 14.7 Å². The molecule has 2 amide bonds. The van der Waals surface area contributed by atoms with Crippen LogP contribution in [0.1, 0.15) is 22.8 Å². The number of fused-ring (bicyclic) bond motifs is 1. The predicted octanol–water partition coefficient (Wildman–Crippen LogP) is 3.27. The minimum absolute atomic E-state index is 0.0846. The Kier molecular flexibility index (Phi) is 4.94. The van der Waals surface area contributed by atoms with E-state index in [1.165, 1.54) is 13.1 Å². The van der Waals surface area contributed by atoms with E-state index >= 15 is 0 Å². The normalized spacial score (nSPS) is 10.8. The van der Waals surface area contributed by atoms with Crippen molar-refractivity contribution in [3.63, 3.8) is 0 Å². The summed E-state index contributed by atoms with van der Waals surface area (Å²) in [6, 6.07) is 17.4. The second-order valence-electron chi connectivity index (χ2n) is 5.68. The van der Waals surface area contributed by atoms with Crippen LogP contribution in [-0.2, 0) is 4.79 Å². The summed E-state index contributed by atoms with van der Waals surface area (Å²) in [5.41, 5.74) is 3.97. The Hall–Kier alpha value is -3.67. The van der Waals surface area contributed by atoms with Gasteiger partial charge in [-0.2, -0.15) is 5.10 Å². The van der Waals surface area contributed by atoms with Crippen molar-refractivity contribution in [2.24, 2.45) is 5.10 Å². The quantitative estimate of drug-likeness (QED) is 0.500. The molecule has 130 valence electrons. The number of carbonyl (C=O) groups excluding carboxylic acids is 2. The zero-order valence-electron chi connectivity index (χ0n) is 14.1. The first-order valence-electron chi connectivity index (χ1n) is 7.96. The zero-order chi connectivity index (χ0) is 18.5.